The zero-order valence-electron chi connectivity index (χ0n) is 12.1. The molecule has 0 bridgehead atoms. The molecular weight excluding hydrogens is 232 g/mol. The summed E-state index contributed by atoms with van der Waals surface area (Å²) in [5.74, 6) is 0. The van der Waals surface area contributed by atoms with Crippen LogP contribution >= 0.6 is 0 Å². The van der Waals surface area contributed by atoms with Crippen molar-refractivity contribution in [1.82, 2.24) is 4.90 Å². The molecule has 0 spiro atoms. The maximum Gasteiger partial charge on any atom is 0.0991 e. The van der Waals surface area contributed by atoms with E-state index in [4.69, 9.17) is 5.26 Å². The lowest BCUT2D eigenvalue weighted by Crippen LogP contribution is -2.41. The Balaban J connectivity index is 2.10. The van der Waals surface area contributed by atoms with Gasteiger partial charge in [0.15, 0.2) is 0 Å². The van der Waals surface area contributed by atoms with Gasteiger partial charge in [-0.3, -0.25) is 4.90 Å². The molecule has 1 aliphatic heterocycles. The van der Waals surface area contributed by atoms with Gasteiger partial charge in [-0.2, -0.15) is 5.26 Å². The minimum atomic E-state index is 0.244. The Hall–Kier alpha value is -1.59. The SMILES string of the molecule is CC(C)(C)N1CCC=C(c2ccc(C#N)cc2)CC1. The number of hydrogen-bond acceptors (Lipinski definition) is 2. The Kier molecular flexibility index (Phi) is 4.07. The fraction of sp³-hybridized carbons (Fsp3) is 0.471. The Morgan fingerprint density at radius 2 is 1.79 bits per heavy atom. The van der Waals surface area contributed by atoms with Crippen LogP contribution in [-0.4, -0.2) is 23.5 Å². The van der Waals surface area contributed by atoms with Crippen molar-refractivity contribution in [2.75, 3.05) is 13.1 Å². The van der Waals surface area contributed by atoms with Crippen LogP contribution in [0, 0.1) is 11.3 Å². The Morgan fingerprint density at radius 1 is 1.11 bits per heavy atom. The second-order valence-corrected chi connectivity index (χ2v) is 6.12. The van der Waals surface area contributed by atoms with Gasteiger partial charge in [0.25, 0.3) is 0 Å². The summed E-state index contributed by atoms with van der Waals surface area (Å²) in [6.45, 7) is 9.07. The largest absolute Gasteiger partial charge is 0.298 e. The van der Waals surface area contributed by atoms with Crippen LogP contribution in [0.5, 0.6) is 0 Å². The van der Waals surface area contributed by atoms with Gasteiger partial charge in [0, 0.05) is 18.6 Å². The van der Waals surface area contributed by atoms with Crippen molar-refractivity contribution in [1.29, 1.82) is 5.26 Å². The molecule has 100 valence electrons. The number of rotatable bonds is 1. The predicted molar refractivity (Wildman–Crippen MR) is 79.7 cm³/mol. The molecule has 19 heavy (non-hydrogen) atoms. The first-order chi connectivity index (χ1) is 9.00. The number of nitriles is 1. The molecule has 0 atom stereocenters. The summed E-state index contributed by atoms with van der Waals surface area (Å²) in [6, 6.07) is 10.1. The van der Waals surface area contributed by atoms with Crippen LogP contribution in [0.2, 0.25) is 0 Å². The van der Waals surface area contributed by atoms with Gasteiger partial charge >= 0.3 is 0 Å². The van der Waals surface area contributed by atoms with Crippen molar-refractivity contribution in [2.24, 2.45) is 0 Å². The van der Waals surface area contributed by atoms with E-state index in [1.807, 2.05) is 12.1 Å². The lowest BCUT2D eigenvalue weighted by Gasteiger charge is -2.34. The molecule has 0 unspecified atom stereocenters. The third kappa shape index (κ3) is 3.45. The lowest BCUT2D eigenvalue weighted by molar-refractivity contribution is 0.145. The molecule has 0 fully saturated rings. The van der Waals surface area contributed by atoms with E-state index in [1.54, 1.807) is 0 Å². The number of nitrogens with zero attached hydrogens (tertiary/aromatic N) is 2. The smallest absolute Gasteiger partial charge is 0.0991 e. The highest BCUT2D eigenvalue weighted by atomic mass is 15.2. The zero-order chi connectivity index (χ0) is 13.9. The van der Waals surface area contributed by atoms with E-state index >= 15 is 0 Å². The van der Waals surface area contributed by atoms with Crippen molar-refractivity contribution in [3.05, 3.63) is 41.5 Å². The summed E-state index contributed by atoms with van der Waals surface area (Å²) in [5, 5.41) is 8.84. The number of hydrogen-bond donors (Lipinski definition) is 0. The average molecular weight is 254 g/mol. The van der Waals surface area contributed by atoms with Crippen molar-refractivity contribution >= 4 is 5.57 Å². The third-order valence-electron chi connectivity index (χ3n) is 3.77. The van der Waals surface area contributed by atoms with Crippen molar-refractivity contribution in [3.63, 3.8) is 0 Å². The lowest BCUT2D eigenvalue weighted by atomic mass is 10.0. The highest BCUT2D eigenvalue weighted by molar-refractivity contribution is 5.66. The highest BCUT2D eigenvalue weighted by Gasteiger charge is 2.22. The van der Waals surface area contributed by atoms with Gasteiger partial charge in [-0.25, -0.2) is 0 Å². The van der Waals surface area contributed by atoms with E-state index in [0.29, 0.717) is 0 Å². The van der Waals surface area contributed by atoms with E-state index in [9.17, 15) is 0 Å². The molecule has 0 amide bonds. The molecule has 0 aromatic heterocycles. The van der Waals surface area contributed by atoms with Crippen molar-refractivity contribution in [3.8, 4) is 6.07 Å². The summed E-state index contributed by atoms with van der Waals surface area (Å²) in [5.41, 5.74) is 3.65. The molecule has 1 heterocycles. The predicted octanol–water partition coefficient (Wildman–Crippen LogP) is 3.84. The van der Waals surface area contributed by atoms with Gasteiger partial charge in [-0.1, -0.05) is 18.2 Å². The van der Waals surface area contributed by atoms with Gasteiger partial charge in [-0.05, 0) is 56.9 Å². The molecule has 2 nitrogen and oxygen atoms in total. The summed E-state index contributed by atoms with van der Waals surface area (Å²) in [7, 11) is 0. The third-order valence-corrected chi connectivity index (χ3v) is 3.77. The summed E-state index contributed by atoms with van der Waals surface area (Å²) >= 11 is 0. The number of benzene rings is 1. The van der Waals surface area contributed by atoms with Crippen LogP contribution in [0.15, 0.2) is 30.3 Å². The fourth-order valence-electron chi connectivity index (χ4n) is 2.56. The minimum Gasteiger partial charge on any atom is -0.298 e. The van der Waals surface area contributed by atoms with Gasteiger partial charge in [0.1, 0.15) is 0 Å². The maximum absolute atomic E-state index is 8.84. The van der Waals surface area contributed by atoms with E-state index in [1.165, 1.54) is 11.1 Å². The van der Waals surface area contributed by atoms with E-state index < -0.39 is 0 Å². The van der Waals surface area contributed by atoms with Gasteiger partial charge < -0.3 is 0 Å². The maximum atomic E-state index is 8.84. The quantitative estimate of drug-likeness (QED) is 0.761. The van der Waals surface area contributed by atoms with Gasteiger partial charge in [0.05, 0.1) is 11.6 Å². The van der Waals surface area contributed by atoms with E-state index in [-0.39, 0.29) is 5.54 Å². The molecule has 0 aliphatic carbocycles. The molecule has 0 N–H and O–H groups in total. The second-order valence-electron chi connectivity index (χ2n) is 6.12. The standard InChI is InChI=1S/C17H22N2/c1-17(2,3)19-11-4-5-15(10-12-19)16-8-6-14(13-18)7-9-16/h5-9H,4,10-12H2,1-3H3. The molecule has 2 rings (SSSR count). The van der Waals surface area contributed by atoms with Gasteiger partial charge in [-0.15, -0.1) is 0 Å². The minimum absolute atomic E-state index is 0.244. The van der Waals surface area contributed by atoms with Crippen molar-refractivity contribution < 1.29 is 0 Å². The Bertz CT molecular complexity index is 498. The summed E-state index contributed by atoms with van der Waals surface area (Å²) in [4.78, 5) is 2.54. The first kappa shape index (κ1) is 13.8. The molecule has 0 radical (unpaired) electrons. The van der Waals surface area contributed by atoms with E-state index in [2.05, 4.69) is 49.9 Å². The van der Waals surface area contributed by atoms with Crippen LogP contribution in [0.1, 0.15) is 44.7 Å². The molecule has 1 aliphatic rings. The summed E-state index contributed by atoms with van der Waals surface area (Å²) < 4.78 is 0. The van der Waals surface area contributed by atoms with Crippen molar-refractivity contribution in [2.45, 2.75) is 39.2 Å². The summed E-state index contributed by atoms with van der Waals surface area (Å²) in [6.07, 6.45) is 4.54. The first-order valence-corrected chi connectivity index (χ1v) is 6.95. The Morgan fingerprint density at radius 3 is 2.37 bits per heavy atom. The van der Waals surface area contributed by atoms with Gasteiger partial charge in [0.2, 0.25) is 0 Å². The van der Waals surface area contributed by atoms with Crippen LogP contribution in [0.25, 0.3) is 5.57 Å². The topological polar surface area (TPSA) is 27.0 Å². The molecular formula is C17H22N2. The van der Waals surface area contributed by atoms with Crippen LogP contribution in [-0.2, 0) is 0 Å². The van der Waals surface area contributed by atoms with Crippen LogP contribution in [0.4, 0.5) is 0 Å². The average Bonchev–Trinajstić information content (AvgIpc) is 2.64. The first-order valence-electron chi connectivity index (χ1n) is 6.95. The Labute approximate surface area is 116 Å². The molecule has 1 aromatic carbocycles. The molecule has 1 aromatic rings. The fourth-order valence-corrected chi connectivity index (χ4v) is 2.56. The monoisotopic (exact) mass is 254 g/mol. The highest BCUT2D eigenvalue weighted by Crippen LogP contribution is 2.25. The molecule has 0 saturated carbocycles. The zero-order valence-corrected chi connectivity index (χ0v) is 12.1. The van der Waals surface area contributed by atoms with Crippen LogP contribution in [0.3, 0.4) is 0 Å². The van der Waals surface area contributed by atoms with Crippen LogP contribution < -0.4 is 0 Å². The van der Waals surface area contributed by atoms with E-state index in [0.717, 1.165) is 31.5 Å². The normalized spacial score (nSPS) is 17.5. The molecule has 0 saturated heterocycles. The molecule has 2 heteroatoms. The second kappa shape index (κ2) is 5.59.